The van der Waals surface area contributed by atoms with Gasteiger partial charge in [-0.15, -0.1) is 24.0 Å². The summed E-state index contributed by atoms with van der Waals surface area (Å²) in [5.41, 5.74) is 3.16. The quantitative estimate of drug-likeness (QED) is 0.297. The second kappa shape index (κ2) is 13.6. The molecule has 32 heavy (non-hydrogen) atoms. The molecule has 176 valence electrons. The molecule has 1 fully saturated rings. The van der Waals surface area contributed by atoms with Crippen molar-refractivity contribution in [1.29, 1.82) is 0 Å². The number of guanidine groups is 1. The first kappa shape index (κ1) is 26.3. The van der Waals surface area contributed by atoms with Gasteiger partial charge in [0.1, 0.15) is 0 Å². The monoisotopic (exact) mass is 557 g/mol. The maximum absolute atomic E-state index is 13.9. The summed E-state index contributed by atoms with van der Waals surface area (Å²) in [5, 5.41) is 3.36. The van der Waals surface area contributed by atoms with Gasteiger partial charge in [0.05, 0.1) is 19.8 Å². The van der Waals surface area contributed by atoms with Crippen LogP contribution in [0.1, 0.15) is 29.5 Å². The van der Waals surface area contributed by atoms with Crippen LogP contribution in [0.15, 0.2) is 47.5 Å². The highest BCUT2D eigenvalue weighted by Crippen LogP contribution is 2.18. The van der Waals surface area contributed by atoms with Gasteiger partial charge >= 0.3 is 0 Å². The van der Waals surface area contributed by atoms with Gasteiger partial charge in [-0.3, -0.25) is 4.99 Å². The van der Waals surface area contributed by atoms with Crippen LogP contribution >= 0.6 is 24.0 Å². The van der Waals surface area contributed by atoms with Crippen LogP contribution in [0.3, 0.4) is 0 Å². The number of hydrogen-bond acceptors (Lipinski definition) is 4. The smallest absolute Gasteiger partial charge is 0.193 e. The molecule has 3 rings (SSSR count). The van der Waals surface area contributed by atoms with Gasteiger partial charge in [-0.2, -0.15) is 0 Å². The summed E-state index contributed by atoms with van der Waals surface area (Å²) in [5.74, 6) is 0.621. The van der Waals surface area contributed by atoms with Gasteiger partial charge in [0.2, 0.25) is 0 Å². The summed E-state index contributed by atoms with van der Waals surface area (Å²) >= 11 is 0. The Morgan fingerprint density at radius 3 is 2.41 bits per heavy atom. The van der Waals surface area contributed by atoms with Crippen molar-refractivity contribution in [3.05, 3.63) is 65.0 Å². The Kier molecular flexibility index (Phi) is 11.2. The van der Waals surface area contributed by atoms with E-state index in [1.807, 2.05) is 18.0 Å². The Morgan fingerprint density at radius 2 is 1.78 bits per heavy atom. The molecule has 2 aromatic rings. The first-order valence-corrected chi connectivity index (χ1v) is 10.6. The first-order chi connectivity index (χ1) is 15.1. The third kappa shape index (κ3) is 7.90. The van der Waals surface area contributed by atoms with Crippen LogP contribution in [0.25, 0.3) is 0 Å². The third-order valence-electron chi connectivity index (χ3n) is 5.34. The topological polar surface area (TPSA) is 55.3 Å². The van der Waals surface area contributed by atoms with E-state index in [1.54, 1.807) is 13.1 Å². The molecule has 0 aliphatic carbocycles. The van der Waals surface area contributed by atoms with E-state index in [1.165, 1.54) is 18.7 Å². The number of hydrogen-bond donors (Lipinski definition) is 1. The summed E-state index contributed by atoms with van der Waals surface area (Å²) < 4.78 is 30.3. The minimum absolute atomic E-state index is 0. The Morgan fingerprint density at radius 1 is 1.12 bits per heavy atom. The number of rotatable bonds is 8. The Balaban J connectivity index is 0.00000363. The highest BCUT2D eigenvalue weighted by molar-refractivity contribution is 14.0. The Hall–Kier alpha value is -1.91. The zero-order valence-corrected chi connectivity index (χ0v) is 21.3. The van der Waals surface area contributed by atoms with Gasteiger partial charge in [-0.25, -0.2) is 4.39 Å². The number of methoxy groups -OCH3 is 1. The molecule has 0 radical (unpaired) electrons. The third-order valence-corrected chi connectivity index (χ3v) is 5.34. The average molecular weight is 557 g/mol. The fourth-order valence-corrected chi connectivity index (χ4v) is 3.53. The van der Waals surface area contributed by atoms with E-state index >= 15 is 0 Å². The molecule has 8 heteroatoms. The van der Waals surface area contributed by atoms with Crippen molar-refractivity contribution in [2.45, 2.75) is 38.6 Å². The summed E-state index contributed by atoms with van der Waals surface area (Å²) in [4.78, 5) is 6.29. The molecule has 0 saturated carbocycles. The molecule has 1 heterocycles. The lowest BCUT2D eigenvalue weighted by atomic mass is 10.1. The SMILES string of the molecule is CN=C(NCc1ccc(COC2CCOCC2)cc1)N(C)Cc1ccc(OC)c(F)c1.I. The van der Waals surface area contributed by atoms with Crippen LogP contribution in [0, 0.1) is 5.82 Å². The van der Waals surface area contributed by atoms with E-state index in [-0.39, 0.29) is 35.5 Å². The van der Waals surface area contributed by atoms with E-state index in [0.29, 0.717) is 25.8 Å². The van der Waals surface area contributed by atoms with E-state index in [0.717, 1.165) is 43.1 Å². The molecule has 0 unspecified atom stereocenters. The highest BCUT2D eigenvalue weighted by Gasteiger charge is 2.14. The van der Waals surface area contributed by atoms with Crippen molar-refractivity contribution in [2.24, 2.45) is 4.99 Å². The summed E-state index contributed by atoms with van der Waals surface area (Å²) in [6.45, 7) is 3.39. The molecule has 0 aromatic heterocycles. The molecular weight excluding hydrogens is 524 g/mol. The zero-order valence-electron chi connectivity index (χ0n) is 19.0. The molecule has 0 bridgehead atoms. The van der Waals surface area contributed by atoms with E-state index in [4.69, 9.17) is 14.2 Å². The van der Waals surface area contributed by atoms with Gasteiger partial charge in [-0.1, -0.05) is 30.3 Å². The van der Waals surface area contributed by atoms with Gasteiger partial charge in [-0.05, 0) is 41.7 Å². The van der Waals surface area contributed by atoms with Crippen molar-refractivity contribution in [2.75, 3.05) is 34.4 Å². The highest BCUT2D eigenvalue weighted by atomic mass is 127. The first-order valence-electron chi connectivity index (χ1n) is 10.6. The molecule has 1 N–H and O–H groups in total. The second-order valence-electron chi connectivity index (χ2n) is 7.66. The van der Waals surface area contributed by atoms with E-state index in [9.17, 15) is 4.39 Å². The normalized spacial score (nSPS) is 14.6. The van der Waals surface area contributed by atoms with Crippen LogP contribution in [-0.4, -0.2) is 51.4 Å². The van der Waals surface area contributed by atoms with Crippen LogP contribution in [0.4, 0.5) is 4.39 Å². The number of halogens is 2. The second-order valence-corrected chi connectivity index (χ2v) is 7.66. The summed E-state index contributed by atoms with van der Waals surface area (Å²) in [7, 11) is 5.13. The van der Waals surface area contributed by atoms with E-state index in [2.05, 4.69) is 34.6 Å². The number of nitrogens with one attached hydrogen (secondary N) is 1. The lowest BCUT2D eigenvalue weighted by Crippen LogP contribution is -2.38. The van der Waals surface area contributed by atoms with Crippen LogP contribution in [0.2, 0.25) is 0 Å². The maximum atomic E-state index is 13.9. The molecule has 0 amide bonds. The predicted octanol–water partition coefficient (Wildman–Crippen LogP) is 4.36. The van der Waals surface area contributed by atoms with Crippen LogP contribution in [-0.2, 0) is 29.2 Å². The molecular formula is C24H33FIN3O3. The number of benzene rings is 2. The van der Waals surface area contributed by atoms with Crippen molar-refractivity contribution in [1.82, 2.24) is 10.2 Å². The molecule has 0 atom stereocenters. The van der Waals surface area contributed by atoms with Gasteiger partial charge < -0.3 is 24.4 Å². The number of nitrogens with zero attached hydrogens (tertiary/aromatic N) is 2. The zero-order chi connectivity index (χ0) is 22.1. The number of ether oxygens (including phenoxy) is 3. The minimum atomic E-state index is -0.364. The number of aliphatic imine (C=N–C) groups is 1. The van der Waals surface area contributed by atoms with Crippen molar-refractivity contribution in [3.63, 3.8) is 0 Å². The van der Waals surface area contributed by atoms with Gasteiger partial charge in [0, 0.05) is 40.4 Å². The molecule has 1 saturated heterocycles. The van der Waals surface area contributed by atoms with Gasteiger partial charge in [0.25, 0.3) is 0 Å². The van der Waals surface area contributed by atoms with Crippen molar-refractivity contribution in [3.8, 4) is 5.75 Å². The maximum Gasteiger partial charge on any atom is 0.193 e. The predicted molar refractivity (Wildman–Crippen MR) is 135 cm³/mol. The Labute approximate surface area is 207 Å². The molecule has 0 spiro atoms. The standard InChI is InChI=1S/C24H32FN3O3.HI/c1-26-24(28(2)16-20-8-9-23(29-3)22(25)14-20)27-15-18-4-6-19(7-5-18)17-31-21-10-12-30-13-11-21;/h4-9,14,21H,10-13,15-17H2,1-3H3,(H,26,27);1H. The van der Waals surface area contributed by atoms with Crippen LogP contribution < -0.4 is 10.1 Å². The lowest BCUT2D eigenvalue weighted by Gasteiger charge is -2.23. The minimum Gasteiger partial charge on any atom is -0.494 e. The molecule has 1 aliphatic rings. The fourth-order valence-electron chi connectivity index (χ4n) is 3.53. The molecule has 1 aliphatic heterocycles. The fraction of sp³-hybridized carbons (Fsp3) is 0.458. The average Bonchev–Trinajstić information content (AvgIpc) is 2.80. The molecule has 6 nitrogen and oxygen atoms in total. The summed E-state index contributed by atoms with van der Waals surface area (Å²) in [6, 6.07) is 13.4. The van der Waals surface area contributed by atoms with E-state index < -0.39 is 0 Å². The van der Waals surface area contributed by atoms with Gasteiger partial charge in [0.15, 0.2) is 17.5 Å². The van der Waals surface area contributed by atoms with Crippen LogP contribution in [0.5, 0.6) is 5.75 Å². The van der Waals surface area contributed by atoms with Crippen molar-refractivity contribution >= 4 is 29.9 Å². The Bertz CT molecular complexity index is 858. The summed E-state index contributed by atoms with van der Waals surface area (Å²) in [6.07, 6.45) is 2.24. The largest absolute Gasteiger partial charge is 0.494 e. The lowest BCUT2D eigenvalue weighted by molar-refractivity contribution is -0.0390. The molecule has 2 aromatic carbocycles. The van der Waals surface area contributed by atoms with Crippen molar-refractivity contribution < 1.29 is 18.6 Å².